The number of hydrogen-bond acceptors (Lipinski definition) is 2. The summed E-state index contributed by atoms with van der Waals surface area (Å²) in [6.45, 7) is 1.23. The standard InChI is InChI=1S/C12H11Cl2N3O/c13-10-4-3-9(11(14)16-10)12(18)15-5-8-17-6-1-2-7-17/h1-4,6-7H,5,8H2,(H,15,18). The third-order valence-electron chi connectivity index (χ3n) is 2.38. The Bertz CT molecular complexity index is 540. The average molecular weight is 284 g/mol. The van der Waals surface area contributed by atoms with Crippen molar-refractivity contribution in [2.75, 3.05) is 6.54 Å². The van der Waals surface area contributed by atoms with Crippen molar-refractivity contribution < 1.29 is 4.79 Å². The second-order valence-corrected chi connectivity index (χ2v) is 4.39. The first-order valence-corrected chi connectivity index (χ1v) is 6.13. The molecule has 2 heterocycles. The largest absolute Gasteiger partial charge is 0.353 e. The van der Waals surface area contributed by atoms with Gasteiger partial charge in [-0.1, -0.05) is 23.2 Å². The Labute approximate surface area is 115 Å². The SMILES string of the molecule is O=C(NCCn1cccc1)c1ccc(Cl)nc1Cl. The number of hydrogen-bond donors (Lipinski definition) is 1. The summed E-state index contributed by atoms with van der Waals surface area (Å²) in [6.07, 6.45) is 3.87. The fourth-order valence-electron chi connectivity index (χ4n) is 1.49. The average Bonchev–Trinajstić information content (AvgIpc) is 2.81. The maximum absolute atomic E-state index is 11.8. The van der Waals surface area contributed by atoms with E-state index in [1.54, 1.807) is 6.07 Å². The van der Waals surface area contributed by atoms with E-state index in [2.05, 4.69) is 10.3 Å². The first-order valence-electron chi connectivity index (χ1n) is 5.38. The first kappa shape index (κ1) is 12.9. The molecule has 0 spiro atoms. The van der Waals surface area contributed by atoms with Crippen molar-refractivity contribution in [1.82, 2.24) is 14.9 Å². The highest BCUT2D eigenvalue weighted by Gasteiger charge is 2.11. The first-order chi connectivity index (χ1) is 8.66. The van der Waals surface area contributed by atoms with E-state index in [4.69, 9.17) is 23.2 Å². The molecule has 0 aliphatic rings. The number of rotatable bonds is 4. The van der Waals surface area contributed by atoms with Crippen LogP contribution in [0.3, 0.4) is 0 Å². The number of carbonyl (C=O) groups is 1. The molecule has 2 rings (SSSR count). The second-order valence-electron chi connectivity index (χ2n) is 3.65. The number of aromatic nitrogens is 2. The number of nitrogens with zero attached hydrogens (tertiary/aromatic N) is 2. The van der Waals surface area contributed by atoms with Gasteiger partial charge in [0.2, 0.25) is 0 Å². The van der Waals surface area contributed by atoms with Gasteiger partial charge in [0.15, 0.2) is 0 Å². The maximum Gasteiger partial charge on any atom is 0.254 e. The van der Waals surface area contributed by atoms with Gasteiger partial charge in [0, 0.05) is 25.5 Å². The molecule has 0 atom stereocenters. The summed E-state index contributed by atoms with van der Waals surface area (Å²) in [7, 11) is 0. The summed E-state index contributed by atoms with van der Waals surface area (Å²) in [5, 5.41) is 3.15. The molecule has 2 aromatic heterocycles. The van der Waals surface area contributed by atoms with E-state index < -0.39 is 0 Å². The van der Waals surface area contributed by atoms with E-state index in [-0.39, 0.29) is 16.2 Å². The molecule has 0 aliphatic carbocycles. The van der Waals surface area contributed by atoms with E-state index in [1.807, 2.05) is 29.1 Å². The summed E-state index contributed by atoms with van der Waals surface area (Å²) in [6, 6.07) is 6.96. The summed E-state index contributed by atoms with van der Waals surface area (Å²) in [4.78, 5) is 15.6. The van der Waals surface area contributed by atoms with Crippen LogP contribution in [0.15, 0.2) is 36.7 Å². The van der Waals surface area contributed by atoms with Gasteiger partial charge in [0.25, 0.3) is 5.91 Å². The van der Waals surface area contributed by atoms with Crippen molar-refractivity contribution in [3.05, 3.63) is 52.5 Å². The highest BCUT2D eigenvalue weighted by atomic mass is 35.5. The lowest BCUT2D eigenvalue weighted by Crippen LogP contribution is -2.27. The van der Waals surface area contributed by atoms with Crippen LogP contribution in [-0.2, 0) is 6.54 Å². The highest BCUT2D eigenvalue weighted by Crippen LogP contribution is 2.16. The fraction of sp³-hybridized carbons (Fsp3) is 0.167. The molecule has 2 aromatic rings. The monoisotopic (exact) mass is 283 g/mol. The van der Waals surface area contributed by atoms with Gasteiger partial charge in [-0.15, -0.1) is 0 Å². The van der Waals surface area contributed by atoms with Crippen molar-refractivity contribution in [1.29, 1.82) is 0 Å². The van der Waals surface area contributed by atoms with Gasteiger partial charge < -0.3 is 9.88 Å². The molecule has 4 nitrogen and oxygen atoms in total. The minimum absolute atomic E-state index is 0.112. The molecule has 0 unspecified atom stereocenters. The molecule has 0 saturated heterocycles. The predicted molar refractivity (Wildman–Crippen MR) is 71.0 cm³/mol. The van der Waals surface area contributed by atoms with Gasteiger partial charge in [0.1, 0.15) is 10.3 Å². The van der Waals surface area contributed by atoms with Crippen LogP contribution in [0.5, 0.6) is 0 Å². The van der Waals surface area contributed by atoms with Crippen LogP contribution in [0.2, 0.25) is 10.3 Å². The third-order valence-corrected chi connectivity index (χ3v) is 2.88. The number of halogens is 2. The summed E-state index contributed by atoms with van der Waals surface area (Å²) in [5.74, 6) is -0.253. The molecule has 0 fully saturated rings. The van der Waals surface area contributed by atoms with E-state index in [9.17, 15) is 4.79 Å². The van der Waals surface area contributed by atoms with Crippen LogP contribution < -0.4 is 5.32 Å². The van der Waals surface area contributed by atoms with Crippen LogP contribution in [0.25, 0.3) is 0 Å². The molecule has 94 valence electrons. The molecule has 0 saturated carbocycles. The van der Waals surface area contributed by atoms with Gasteiger partial charge in [-0.2, -0.15) is 0 Å². The van der Waals surface area contributed by atoms with Gasteiger partial charge in [0.05, 0.1) is 5.56 Å². The molecule has 0 aromatic carbocycles. The summed E-state index contributed by atoms with van der Waals surface area (Å²) in [5.41, 5.74) is 0.327. The summed E-state index contributed by atoms with van der Waals surface area (Å²) >= 11 is 11.5. The second kappa shape index (κ2) is 5.89. The van der Waals surface area contributed by atoms with Gasteiger partial charge >= 0.3 is 0 Å². The minimum atomic E-state index is -0.253. The van der Waals surface area contributed by atoms with Crippen LogP contribution in [0.4, 0.5) is 0 Å². The molecule has 0 bridgehead atoms. The molecule has 1 amide bonds. The molecule has 0 aliphatic heterocycles. The number of carbonyl (C=O) groups excluding carboxylic acids is 1. The fourth-order valence-corrected chi connectivity index (χ4v) is 1.93. The lowest BCUT2D eigenvalue weighted by Gasteiger charge is -2.07. The zero-order valence-electron chi connectivity index (χ0n) is 9.44. The number of pyridine rings is 1. The van der Waals surface area contributed by atoms with E-state index in [0.717, 1.165) is 0 Å². The smallest absolute Gasteiger partial charge is 0.254 e. The minimum Gasteiger partial charge on any atom is -0.353 e. The van der Waals surface area contributed by atoms with Crippen molar-refractivity contribution in [2.45, 2.75) is 6.54 Å². The number of amides is 1. The normalized spacial score (nSPS) is 10.3. The van der Waals surface area contributed by atoms with Gasteiger partial charge in [-0.3, -0.25) is 4.79 Å². The Hall–Kier alpha value is -1.52. The van der Waals surface area contributed by atoms with Crippen molar-refractivity contribution in [2.24, 2.45) is 0 Å². The van der Waals surface area contributed by atoms with Crippen molar-refractivity contribution >= 4 is 29.1 Å². The van der Waals surface area contributed by atoms with E-state index in [0.29, 0.717) is 18.7 Å². The van der Waals surface area contributed by atoms with Crippen LogP contribution in [0, 0.1) is 0 Å². The van der Waals surface area contributed by atoms with E-state index >= 15 is 0 Å². The third kappa shape index (κ3) is 3.24. The maximum atomic E-state index is 11.8. The number of nitrogens with one attached hydrogen (secondary N) is 1. The lowest BCUT2D eigenvalue weighted by atomic mass is 10.2. The van der Waals surface area contributed by atoms with Gasteiger partial charge in [-0.25, -0.2) is 4.98 Å². The molecular weight excluding hydrogens is 273 g/mol. The van der Waals surface area contributed by atoms with Crippen LogP contribution >= 0.6 is 23.2 Å². The highest BCUT2D eigenvalue weighted by molar-refractivity contribution is 6.34. The predicted octanol–water partition coefficient (Wildman–Crippen LogP) is 2.62. The Kier molecular flexibility index (Phi) is 4.23. The van der Waals surface area contributed by atoms with E-state index in [1.165, 1.54) is 6.07 Å². The van der Waals surface area contributed by atoms with Crippen LogP contribution in [-0.4, -0.2) is 22.0 Å². The van der Waals surface area contributed by atoms with Crippen LogP contribution in [0.1, 0.15) is 10.4 Å². The Morgan fingerprint density at radius 1 is 1.28 bits per heavy atom. The molecule has 6 heteroatoms. The molecule has 0 radical (unpaired) electrons. The van der Waals surface area contributed by atoms with Crippen molar-refractivity contribution in [3.63, 3.8) is 0 Å². The Morgan fingerprint density at radius 3 is 2.67 bits per heavy atom. The molecule has 1 N–H and O–H groups in total. The Morgan fingerprint density at radius 2 is 2.00 bits per heavy atom. The topological polar surface area (TPSA) is 46.9 Å². The molecule has 18 heavy (non-hydrogen) atoms. The van der Waals surface area contributed by atoms with Crippen molar-refractivity contribution in [3.8, 4) is 0 Å². The van der Waals surface area contributed by atoms with Gasteiger partial charge in [-0.05, 0) is 24.3 Å². The zero-order valence-corrected chi connectivity index (χ0v) is 10.9. The zero-order chi connectivity index (χ0) is 13.0. The lowest BCUT2D eigenvalue weighted by molar-refractivity contribution is 0.0952. The quantitative estimate of drug-likeness (QED) is 0.877. The Balaban J connectivity index is 1.91. The summed E-state index contributed by atoms with van der Waals surface area (Å²) < 4.78 is 1.97. The molecular formula is C12H11Cl2N3O.